The van der Waals surface area contributed by atoms with Crippen molar-refractivity contribution in [3.05, 3.63) is 24.4 Å². The van der Waals surface area contributed by atoms with E-state index in [1.807, 2.05) is 13.8 Å². The highest BCUT2D eigenvalue weighted by molar-refractivity contribution is 6.70. The van der Waals surface area contributed by atoms with Crippen LogP contribution in [0.15, 0.2) is 24.4 Å². The summed E-state index contributed by atoms with van der Waals surface area (Å²) in [5.74, 6) is 1.13. The molecule has 3 nitrogen and oxygen atoms in total. The maximum absolute atomic E-state index is 5.89. The zero-order valence-electron chi connectivity index (χ0n) is 13.1. The topological polar surface area (TPSA) is 27.7 Å². The Hall–Kier alpha value is -0.686. The molecule has 0 bridgehead atoms. The Balaban J connectivity index is 4.79. The Morgan fingerprint density at radius 3 is 1.72 bits per heavy atom. The van der Waals surface area contributed by atoms with E-state index >= 15 is 0 Å². The molecule has 0 N–H and O–H groups in total. The molecule has 0 radical (unpaired) electrons. The van der Waals surface area contributed by atoms with Gasteiger partial charge < -0.3 is 13.6 Å². The molecule has 5 heteroatoms. The second kappa shape index (κ2) is 6.47. The summed E-state index contributed by atoms with van der Waals surface area (Å²) in [4.78, 5) is 0. The maximum Gasteiger partial charge on any atom is 0.269 e. The molecule has 106 valence electrons. The third kappa shape index (κ3) is 10.5. The molecule has 0 aliphatic heterocycles. The molecule has 0 aromatic carbocycles. The van der Waals surface area contributed by atoms with Crippen LogP contribution in [0.4, 0.5) is 0 Å². The number of hydrogen-bond acceptors (Lipinski definition) is 3. The monoisotopic (exact) mass is 288 g/mol. The molecule has 0 rings (SSSR count). The first-order chi connectivity index (χ1) is 7.89. The van der Waals surface area contributed by atoms with Gasteiger partial charge in [-0.3, -0.25) is 0 Å². The highest BCUT2D eigenvalue weighted by Crippen LogP contribution is 2.17. The van der Waals surface area contributed by atoms with Crippen LogP contribution < -0.4 is 0 Å². The van der Waals surface area contributed by atoms with Crippen molar-refractivity contribution in [2.75, 3.05) is 0 Å². The van der Waals surface area contributed by atoms with Gasteiger partial charge in [0.25, 0.3) is 5.95 Å². The van der Waals surface area contributed by atoms with Crippen LogP contribution in [0.25, 0.3) is 0 Å². The molecule has 0 aromatic rings. The summed E-state index contributed by atoms with van der Waals surface area (Å²) < 4.78 is 17.3. The third-order valence-corrected chi connectivity index (χ3v) is 3.16. The summed E-state index contributed by atoms with van der Waals surface area (Å²) in [6.07, 6.45) is 1.84. The predicted octanol–water partition coefficient (Wildman–Crippen LogP) is 4.47. The molecule has 0 saturated carbocycles. The summed E-state index contributed by atoms with van der Waals surface area (Å²) in [5.41, 5.74) is 0. The Kier molecular flexibility index (Phi) is 6.22. The number of ether oxygens (including phenoxy) is 1. The summed E-state index contributed by atoms with van der Waals surface area (Å²) in [6.45, 7) is 20.6. The van der Waals surface area contributed by atoms with Crippen molar-refractivity contribution >= 4 is 16.6 Å². The predicted molar refractivity (Wildman–Crippen MR) is 82.3 cm³/mol. The van der Waals surface area contributed by atoms with Gasteiger partial charge in [-0.1, -0.05) is 6.58 Å². The molecule has 0 unspecified atom stereocenters. The fourth-order valence-electron chi connectivity index (χ4n) is 1.18. The van der Waals surface area contributed by atoms with Crippen molar-refractivity contribution in [1.82, 2.24) is 0 Å². The van der Waals surface area contributed by atoms with E-state index in [1.54, 1.807) is 6.08 Å². The minimum atomic E-state index is -1.69. The molecule has 0 amide bonds. The number of allylic oxidation sites excluding steroid dienone is 1. The van der Waals surface area contributed by atoms with Crippen LogP contribution in [0.1, 0.15) is 13.8 Å². The van der Waals surface area contributed by atoms with Gasteiger partial charge in [0.2, 0.25) is 16.6 Å². The van der Waals surface area contributed by atoms with Crippen LogP contribution in [-0.4, -0.2) is 22.7 Å². The van der Waals surface area contributed by atoms with Crippen molar-refractivity contribution in [2.45, 2.75) is 59.2 Å². The standard InChI is InChI=1S/C13H28O3Si2/c1-11(2)14-13(16-18(7,8)9)10-12(3)15-17(4,5)6/h10-11H,3H2,1-2,4-9H3. The first kappa shape index (κ1) is 17.3. The summed E-state index contributed by atoms with van der Waals surface area (Å²) in [7, 11) is -3.32. The zero-order valence-corrected chi connectivity index (χ0v) is 15.1. The smallest absolute Gasteiger partial charge is 0.269 e. The van der Waals surface area contributed by atoms with E-state index in [1.165, 1.54) is 0 Å². The van der Waals surface area contributed by atoms with E-state index in [2.05, 4.69) is 45.9 Å². The summed E-state index contributed by atoms with van der Waals surface area (Å²) in [5, 5.41) is 0. The van der Waals surface area contributed by atoms with Crippen LogP contribution >= 0.6 is 0 Å². The Morgan fingerprint density at radius 2 is 1.39 bits per heavy atom. The quantitative estimate of drug-likeness (QED) is 0.393. The third-order valence-electron chi connectivity index (χ3n) is 1.47. The van der Waals surface area contributed by atoms with Crippen molar-refractivity contribution in [1.29, 1.82) is 0 Å². The average molecular weight is 289 g/mol. The van der Waals surface area contributed by atoms with Gasteiger partial charge >= 0.3 is 0 Å². The highest BCUT2D eigenvalue weighted by atomic mass is 28.4. The molecule has 0 spiro atoms. The maximum atomic E-state index is 5.89. The minimum Gasteiger partial charge on any atom is -0.545 e. The number of hydrogen-bond donors (Lipinski definition) is 0. The number of rotatable bonds is 7. The molecule has 18 heavy (non-hydrogen) atoms. The molecular formula is C13H28O3Si2. The van der Waals surface area contributed by atoms with Crippen LogP contribution in [0.2, 0.25) is 39.3 Å². The van der Waals surface area contributed by atoms with E-state index in [0.29, 0.717) is 11.7 Å². The Morgan fingerprint density at radius 1 is 0.944 bits per heavy atom. The van der Waals surface area contributed by atoms with Crippen LogP contribution in [-0.2, 0) is 13.6 Å². The van der Waals surface area contributed by atoms with Gasteiger partial charge in [0, 0.05) is 0 Å². The lowest BCUT2D eigenvalue weighted by Crippen LogP contribution is -2.27. The molecule has 0 atom stereocenters. The normalized spacial score (nSPS) is 13.5. The molecule has 0 fully saturated rings. The van der Waals surface area contributed by atoms with Crippen molar-refractivity contribution < 1.29 is 13.6 Å². The fourth-order valence-corrected chi connectivity index (χ4v) is 2.73. The fraction of sp³-hybridized carbons (Fsp3) is 0.692. The Bertz CT molecular complexity index is 309. The van der Waals surface area contributed by atoms with Gasteiger partial charge in [0.15, 0.2) is 0 Å². The van der Waals surface area contributed by atoms with Crippen LogP contribution in [0, 0.1) is 0 Å². The van der Waals surface area contributed by atoms with E-state index in [-0.39, 0.29) is 6.10 Å². The molecule has 0 saturated heterocycles. The molecule has 0 aliphatic rings. The Labute approximate surface area is 114 Å². The average Bonchev–Trinajstić information content (AvgIpc) is 1.92. The van der Waals surface area contributed by atoms with Crippen LogP contribution in [0.3, 0.4) is 0 Å². The molecule has 0 aromatic heterocycles. The molecule has 0 aliphatic carbocycles. The van der Waals surface area contributed by atoms with Gasteiger partial charge in [-0.2, -0.15) is 0 Å². The van der Waals surface area contributed by atoms with Gasteiger partial charge in [-0.25, -0.2) is 0 Å². The van der Waals surface area contributed by atoms with Crippen LogP contribution in [0.5, 0.6) is 0 Å². The van der Waals surface area contributed by atoms with E-state index in [9.17, 15) is 0 Å². The van der Waals surface area contributed by atoms with E-state index in [0.717, 1.165) is 0 Å². The lowest BCUT2D eigenvalue weighted by molar-refractivity contribution is 0.0593. The second-order valence-electron chi connectivity index (χ2n) is 6.53. The zero-order chi connectivity index (χ0) is 14.6. The SMILES string of the molecule is C=C(C=C(OC(C)C)O[Si](C)(C)C)O[Si](C)(C)C. The van der Waals surface area contributed by atoms with Crippen molar-refractivity contribution in [2.24, 2.45) is 0 Å². The van der Waals surface area contributed by atoms with Crippen molar-refractivity contribution in [3.8, 4) is 0 Å². The molecular weight excluding hydrogens is 260 g/mol. The van der Waals surface area contributed by atoms with E-state index in [4.69, 9.17) is 13.6 Å². The second-order valence-corrected chi connectivity index (χ2v) is 15.4. The van der Waals surface area contributed by atoms with Crippen molar-refractivity contribution in [3.63, 3.8) is 0 Å². The molecule has 0 heterocycles. The summed E-state index contributed by atoms with van der Waals surface area (Å²) >= 11 is 0. The first-order valence-corrected chi connectivity index (χ1v) is 13.2. The highest BCUT2D eigenvalue weighted by Gasteiger charge is 2.21. The van der Waals surface area contributed by atoms with E-state index < -0.39 is 16.6 Å². The van der Waals surface area contributed by atoms with Gasteiger partial charge in [-0.15, -0.1) is 0 Å². The van der Waals surface area contributed by atoms with Gasteiger partial charge in [0.05, 0.1) is 12.2 Å². The summed E-state index contributed by atoms with van der Waals surface area (Å²) in [6, 6.07) is 0. The lowest BCUT2D eigenvalue weighted by Gasteiger charge is -2.24. The van der Waals surface area contributed by atoms with Gasteiger partial charge in [0.1, 0.15) is 5.76 Å². The first-order valence-electron chi connectivity index (χ1n) is 6.34. The minimum absolute atomic E-state index is 0.0762. The van der Waals surface area contributed by atoms with Gasteiger partial charge in [-0.05, 0) is 53.1 Å². The largest absolute Gasteiger partial charge is 0.545 e. The lowest BCUT2D eigenvalue weighted by atomic mass is 10.5.